The summed E-state index contributed by atoms with van der Waals surface area (Å²) in [4.78, 5) is 14.5. The molecule has 0 unspecified atom stereocenters. The molecule has 0 aliphatic heterocycles. The Hall–Kier alpha value is -2.50. The molecule has 1 aromatic carbocycles. The van der Waals surface area contributed by atoms with Crippen molar-refractivity contribution in [1.29, 1.82) is 0 Å². The molecule has 6 heteroatoms. The lowest BCUT2D eigenvalue weighted by molar-refractivity contribution is 0.0660. The Morgan fingerprint density at radius 1 is 1.56 bits per heavy atom. The number of benzene rings is 1. The third kappa shape index (κ3) is 2.79. The lowest BCUT2D eigenvalue weighted by Crippen LogP contribution is -1.99. The van der Waals surface area contributed by atoms with Gasteiger partial charge in [-0.1, -0.05) is 6.07 Å². The van der Waals surface area contributed by atoms with E-state index in [9.17, 15) is 4.79 Å². The Balaban J connectivity index is 1.99. The molecule has 2 N–H and O–H groups in total. The van der Waals surface area contributed by atoms with Crippen molar-refractivity contribution in [2.24, 2.45) is 0 Å². The van der Waals surface area contributed by atoms with Crippen molar-refractivity contribution in [3.05, 3.63) is 42.1 Å². The molecule has 1 aromatic heterocycles. The molecule has 0 aliphatic rings. The number of methoxy groups -OCH3 is 1. The predicted molar refractivity (Wildman–Crippen MR) is 63.8 cm³/mol. The average Bonchev–Trinajstić information content (AvgIpc) is 2.85. The van der Waals surface area contributed by atoms with Gasteiger partial charge in [-0.2, -0.15) is 0 Å². The van der Waals surface area contributed by atoms with Crippen LogP contribution in [-0.2, 0) is 6.54 Å². The number of hydrogen-bond donors (Lipinski definition) is 2. The number of aromatic carboxylic acids is 1. The highest BCUT2D eigenvalue weighted by molar-refractivity contribution is 5.83. The molecule has 0 saturated carbocycles. The topological polar surface area (TPSA) is 84.6 Å². The second kappa shape index (κ2) is 5.22. The SMILES string of the molecule is COc1cccc(NCc2ncc(C(=O)O)o2)c1. The largest absolute Gasteiger partial charge is 0.497 e. The molecule has 2 rings (SSSR count). The summed E-state index contributed by atoms with van der Waals surface area (Å²) >= 11 is 0. The minimum absolute atomic E-state index is 0.169. The number of ether oxygens (including phenoxy) is 1. The van der Waals surface area contributed by atoms with E-state index in [1.807, 2.05) is 24.3 Å². The van der Waals surface area contributed by atoms with Crippen LogP contribution in [0.5, 0.6) is 5.75 Å². The lowest BCUT2D eigenvalue weighted by atomic mass is 10.3. The number of oxazole rings is 1. The van der Waals surface area contributed by atoms with E-state index in [1.165, 1.54) is 6.20 Å². The summed E-state index contributed by atoms with van der Waals surface area (Å²) < 4.78 is 10.1. The van der Waals surface area contributed by atoms with E-state index in [-0.39, 0.29) is 5.76 Å². The fourth-order valence-electron chi connectivity index (χ4n) is 1.40. The van der Waals surface area contributed by atoms with Crippen LogP contribution in [0.25, 0.3) is 0 Å². The normalized spacial score (nSPS) is 10.1. The second-order valence-electron chi connectivity index (χ2n) is 3.51. The van der Waals surface area contributed by atoms with Gasteiger partial charge in [0.1, 0.15) is 5.75 Å². The third-order valence-corrected chi connectivity index (χ3v) is 2.28. The molecule has 0 amide bonds. The van der Waals surface area contributed by atoms with Crippen molar-refractivity contribution in [3.8, 4) is 5.75 Å². The van der Waals surface area contributed by atoms with Gasteiger partial charge < -0.3 is 19.6 Å². The van der Waals surface area contributed by atoms with Crippen LogP contribution in [0.2, 0.25) is 0 Å². The number of aromatic nitrogens is 1. The Kier molecular flexibility index (Phi) is 3.47. The molecule has 0 atom stereocenters. The maximum absolute atomic E-state index is 10.6. The highest BCUT2D eigenvalue weighted by Crippen LogP contribution is 2.17. The van der Waals surface area contributed by atoms with Crippen molar-refractivity contribution in [2.45, 2.75) is 6.54 Å². The quantitative estimate of drug-likeness (QED) is 0.841. The Bertz CT molecular complexity index is 551. The van der Waals surface area contributed by atoms with E-state index >= 15 is 0 Å². The lowest BCUT2D eigenvalue weighted by Gasteiger charge is -2.05. The van der Waals surface area contributed by atoms with Crippen molar-refractivity contribution in [1.82, 2.24) is 4.98 Å². The fraction of sp³-hybridized carbons (Fsp3) is 0.167. The molecular weight excluding hydrogens is 236 g/mol. The summed E-state index contributed by atoms with van der Waals surface area (Å²) in [7, 11) is 1.59. The van der Waals surface area contributed by atoms with Crippen molar-refractivity contribution in [2.75, 3.05) is 12.4 Å². The molecule has 0 aliphatic carbocycles. The minimum Gasteiger partial charge on any atom is -0.497 e. The zero-order valence-corrected chi connectivity index (χ0v) is 9.71. The Morgan fingerprint density at radius 2 is 2.39 bits per heavy atom. The van der Waals surface area contributed by atoms with Crippen LogP contribution < -0.4 is 10.1 Å². The van der Waals surface area contributed by atoms with Crippen LogP contribution in [0.1, 0.15) is 16.4 Å². The molecule has 94 valence electrons. The molecule has 2 aromatic rings. The van der Waals surface area contributed by atoms with Crippen molar-refractivity contribution < 1.29 is 19.1 Å². The van der Waals surface area contributed by atoms with Gasteiger partial charge in [0, 0.05) is 11.8 Å². The highest BCUT2D eigenvalue weighted by atomic mass is 16.5. The van der Waals surface area contributed by atoms with Gasteiger partial charge in [0.25, 0.3) is 0 Å². The van der Waals surface area contributed by atoms with Gasteiger partial charge in [-0.3, -0.25) is 0 Å². The van der Waals surface area contributed by atoms with Gasteiger partial charge in [0.2, 0.25) is 11.7 Å². The minimum atomic E-state index is -1.13. The number of rotatable bonds is 5. The smallest absolute Gasteiger partial charge is 0.373 e. The maximum atomic E-state index is 10.6. The number of carboxylic acid groups (broad SMARTS) is 1. The van der Waals surface area contributed by atoms with Gasteiger partial charge >= 0.3 is 5.97 Å². The molecule has 0 saturated heterocycles. The van der Waals surface area contributed by atoms with Crippen LogP contribution in [0.4, 0.5) is 5.69 Å². The van der Waals surface area contributed by atoms with E-state index in [0.717, 1.165) is 11.4 Å². The van der Waals surface area contributed by atoms with Gasteiger partial charge in [0.15, 0.2) is 0 Å². The highest BCUT2D eigenvalue weighted by Gasteiger charge is 2.10. The van der Waals surface area contributed by atoms with Crippen LogP contribution in [0, 0.1) is 0 Å². The summed E-state index contributed by atoms with van der Waals surface area (Å²) in [5, 5.41) is 11.7. The van der Waals surface area contributed by atoms with Gasteiger partial charge in [0.05, 0.1) is 19.9 Å². The van der Waals surface area contributed by atoms with Crippen LogP contribution >= 0.6 is 0 Å². The van der Waals surface area contributed by atoms with Crippen molar-refractivity contribution >= 4 is 11.7 Å². The van der Waals surface area contributed by atoms with Gasteiger partial charge in [-0.15, -0.1) is 0 Å². The van der Waals surface area contributed by atoms with E-state index in [1.54, 1.807) is 7.11 Å². The summed E-state index contributed by atoms with van der Waals surface area (Å²) in [5.41, 5.74) is 0.837. The second-order valence-corrected chi connectivity index (χ2v) is 3.51. The first-order valence-electron chi connectivity index (χ1n) is 5.25. The Labute approximate surface area is 103 Å². The van der Waals surface area contributed by atoms with Crippen LogP contribution in [0.3, 0.4) is 0 Å². The first-order chi connectivity index (χ1) is 8.69. The fourth-order valence-corrected chi connectivity index (χ4v) is 1.40. The standard InChI is InChI=1S/C12H12N2O4/c1-17-9-4-2-3-8(5-9)13-7-11-14-6-10(18-11)12(15)16/h2-6,13H,7H2,1H3,(H,15,16). The van der Waals surface area contributed by atoms with Gasteiger partial charge in [-0.25, -0.2) is 9.78 Å². The van der Waals surface area contributed by atoms with E-state index in [0.29, 0.717) is 12.4 Å². The predicted octanol–water partition coefficient (Wildman–Crippen LogP) is 1.99. The molecule has 6 nitrogen and oxygen atoms in total. The molecular formula is C12H12N2O4. The first kappa shape index (κ1) is 12.0. The number of nitrogens with one attached hydrogen (secondary N) is 1. The summed E-state index contributed by atoms with van der Waals surface area (Å²) in [6.07, 6.45) is 1.19. The van der Waals surface area contributed by atoms with Crippen LogP contribution in [-0.4, -0.2) is 23.2 Å². The first-order valence-corrected chi connectivity index (χ1v) is 5.25. The maximum Gasteiger partial charge on any atom is 0.373 e. The number of hydrogen-bond acceptors (Lipinski definition) is 5. The molecule has 0 fully saturated rings. The average molecular weight is 248 g/mol. The van der Waals surface area contributed by atoms with E-state index < -0.39 is 5.97 Å². The van der Waals surface area contributed by atoms with E-state index in [2.05, 4.69) is 10.3 Å². The number of carboxylic acids is 1. The zero-order valence-electron chi connectivity index (χ0n) is 9.71. The Morgan fingerprint density at radius 3 is 3.06 bits per heavy atom. The molecule has 18 heavy (non-hydrogen) atoms. The summed E-state index contributed by atoms with van der Waals surface area (Å²) in [6.45, 7) is 0.306. The molecule has 0 radical (unpaired) electrons. The van der Waals surface area contributed by atoms with Crippen molar-refractivity contribution in [3.63, 3.8) is 0 Å². The third-order valence-electron chi connectivity index (χ3n) is 2.28. The number of anilines is 1. The zero-order chi connectivity index (χ0) is 13.0. The molecule has 1 heterocycles. The number of carbonyl (C=O) groups is 1. The summed E-state index contributed by atoms with van der Waals surface area (Å²) in [6, 6.07) is 7.36. The van der Waals surface area contributed by atoms with Gasteiger partial charge in [-0.05, 0) is 12.1 Å². The summed E-state index contributed by atoms with van der Waals surface area (Å²) in [5.74, 6) is -0.249. The number of nitrogens with zero attached hydrogens (tertiary/aromatic N) is 1. The molecule has 0 bridgehead atoms. The molecule has 0 spiro atoms. The van der Waals surface area contributed by atoms with E-state index in [4.69, 9.17) is 14.3 Å². The monoisotopic (exact) mass is 248 g/mol. The van der Waals surface area contributed by atoms with Crippen LogP contribution in [0.15, 0.2) is 34.9 Å².